The van der Waals surface area contributed by atoms with Gasteiger partial charge in [0.1, 0.15) is 0 Å². The highest BCUT2D eigenvalue weighted by molar-refractivity contribution is 7.89. The number of nitrogens with zero attached hydrogens (tertiary/aromatic N) is 4. The van der Waals surface area contributed by atoms with Gasteiger partial charge in [-0.2, -0.15) is 14.8 Å². The summed E-state index contributed by atoms with van der Waals surface area (Å²) < 4.78 is 24.9. The predicted molar refractivity (Wildman–Crippen MR) is 57.6 cm³/mol. The van der Waals surface area contributed by atoms with Crippen LogP contribution in [0.2, 0.25) is 0 Å². The Labute approximate surface area is 95.7 Å². The Balaban J connectivity index is 2.62. The highest BCUT2D eigenvalue weighted by Gasteiger charge is 2.31. The van der Waals surface area contributed by atoms with Crippen molar-refractivity contribution >= 4 is 10.0 Å². The number of nitriles is 2. The Morgan fingerprint density at radius 3 is 2.25 bits per heavy atom. The van der Waals surface area contributed by atoms with Crippen molar-refractivity contribution in [2.24, 2.45) is 0 Å². The lowest BCUT2D eigenvalue weighted by atomic mass is 10.4. The van der Waals surface area contributed by atoms with Crippen LogP contribution in [-0.2, 0) is 10.0 Å². The van der Waals surface area contributed by atoms with Gasteiger partial charge in [0.2, 0.25) is 10.0 Å². The summed E-state index contributed by atoms with van der Waals surface area (Å²) in [5.41, 5.74) is 0. The van der Waals surface area contributed by atoms with Gasteiger partial charge in [0.05, 0.1) is 18.7 Å². The second-order valence-electron chi connectivity index (χ2n) is 3.65. The first-order valence-corrected chi connectivity index (χ1v) is 6.50. The largest absolute Gasteiger partial charge is 0.288 e. The number of sulfonamides is 1. The molecule has 0 N–H and O–H groups in total. The number of hydrogen-bond donors (Lipinski definition) is 0. The molecule has 0 aromatic heterocycles. The van der Waals surface area contributed by atoms with Crippen LogP contribution in [-0.4, -0.2) is 55.6 Å². The first-order chi connectivity index (χ1) is 7.52. The molecule has 0 bridgehead atoms. The third kappa shape index (κ3) is 2.70. The van der Waals surface area contributed by atoms with E-state index < -0.39 is 15.3 Å². The van der Waals surface area contributed by atoms with Gasteiger partial charge in [0, 0.05) is 26.2 Å². The molecule has 1 heterocycles. The molecule has 1 atom stereocenters. The maximum absolute atomic E-state index is 11.8. The molecule has 1 fully saturated rings. The monoisotopic (exact) mass is 242 g/mol. The summed E-state index contributed by atoms with van der Waals surface area (Å²) >= 11 is 0. The fourth-order valence-corrected chi connectivity index (χ4v) is 2.79. The van der Waals surface area contributed by atoms with Gasteiger partial charge in [0.25, 0.3) is 0 Å². The van der Waals surface area contributed by atoms with Crippen LogP contribution in [0.5, 0.6) is 0 Å². The Morgan fingerprint density at radius 2 is 1.81 bits per heavy atom. The number of piperazine rings is 1. The molecule has 0 aromatic rings. The van der Waals surface area contributed by atoms with Crippen LogP contribution in [0.15, 0.2) is 0 Å². The third-order valence-corrected chi connectivity index (χ3v) is 4.70. The molecule has 1 aliphatic rings. The maximum atomic E-state index is 11.8. The van der Waals surface area contributed by atoms with Crippen molar-refractivity contribution in [1.29, 1.82) is 10.5 Å². The fraction of sp³-hybridized carbons (Fsp3) is 0.778. The Bertz CT molecular complexity index is 412. The van der Waals surface area contributed by atoms with Gasteiger partial charge in [-0.3, -0.25) is 4.90 Å². The molecule has 1 aliphatic heterocycles. The quantitative estimate of drug-likeness (QED) is 0.615. The average molecular weight is 242 g/mol. The molecule has 88 valence electrons. The molecule has 0 saturated carbocycles. The Hall–Kier alpha value is -1.15. The zero-order chi connectivity index (χ0) is 12.2. The molecular formula is C9H14N4O2S. The molecule has 7 heteroatoms. The van der Waals surface area contributed by atoms with Crippen LogP contribution in [0.25, 0.3) is 0 Å². The van der Waals surface area contributed by atoms with Crippen molar-refractivity contribution in [1.82, 2.24) is 9.21 Å². The molecule has 0 aromatic carbocycles. The molecule has 0 spiro atoms. The van der Waals surface area contributed by atoms with Gasteiger partial charge in [-0.15, -0.1) is 0 Å². The maximum Gasteiger partial charge on any atom is 0.230 e. The minimum Gasteiger partial charge on any atom is -0.288 e. The van der Waals surface area contributed by atoms with Crippen molar-refractivity contribution in [2.45, 2.75) is 12.2 Å². The van der Waals surface area contributed by atoms with E-state index in [4.69, 9.17) is 10.5 Å². The fourth-order valence-electron chi connectivity index (χ4n) is 1.53. The van der Waals surface area contributed by atoms with Crippen LogP contribution in [0.3, 0.4) is 0 Å². The van der Waals surface area contributed by atoms with Gasteiger partial charge in [0.15, 0.2) is 5.25 Å². The van der Waals surface area contributed by atoms with Crippen LogP contribution < -0.4 is 0 Å². The van der Waals surface area contributed by atoms with Crippen molar-refractivity contribution in [3.05, 3.63) is 0 Å². The molecule has 0 radical (unpaired) electrons. The lowest BCUT2D eigenvalue weighted by molar-refractivity contribution is 0.206. The second-order valence-corrected chi connectivity index (χ2v) is 5.90. The van der Waals surface area contributed by atoms with E-state index in [1.807, 2.05) is 11.0 Å². The Kier molecular flexibility index (Phi) is 4.25. The third-order valence-electron chi connectivity index (χ3n) is 2.61. The molecule has 16 heavy (non-hydrogen) atoms. The van der Waals surface area contributed by atoms with Crippen LogP contribution in [0, 0.1) is 22.7 Å². The highest BCUT2D eigenvalue weighted by atomic mass is 32.2. The van der Waals surface area contributed by atoms with E-state index >= 15 is 0 Å². The predicted octanol–water partition coefficient (Wildman–Crippen LogP) is -0.631. The van der Waals surface area contributed by atoms with Crippen LogP contribution in [0.1, 0.15) is 6.92 Å². The smallest absolute Gasteiger partial charge is 0.230 e. The number of rotatable bonds is 3. The van der Waals surface area contributed by atoms with Crippen molar-refractivity contribution in [3.8, 4) is 12.1 Å². The molecule has 1 saturated heterocycles. The van der Waals surface area contributed by atoms with E-state index in [1.165, 1.54) is 11.2 Å². The van der Waals surface area contributed by atoms with E-state index in [2.05, 4.69) is 0 Å². The summed E-state index contributed by atoms with van der Waals surface area (Å²) in [5, 5.41) is 16.1. The first-order valence-electron chi connectivity index (χ1n) is 5.00. The molecular weight excluding hydrogens is 228 g/mol. The minimum atomic E-state index is -3.49. The van der Waals surface area contributed by atoms with E-state index in [9.17, 15) is 8.42 Å². The molecule has 0 aliphatic carbocycles. The van der Waals surface area contributed by atoms with Gasteiger partial charge in [-0.05, 0) is 6.92 Å². The Morgan fingerprint density at radius 1 is 1.25 bits per heavy atom. The molecule has 1 rings (SSSR count). The molecule has 0 amide bonds. The average Bonchev–Trinajstić information content (AvgIpc) is 2.29. The van der Waals surface area contributed by atoms with Gasteiger partial charge in [-0.25, -0.2) is 8.42 Å². The van der Waals surface area contributed by atoms with Crippen molar-refractivity contribution in [3.63, 3.8) is 0 Å². The summed E-state index contributed by atoms with van der Waals surface area (Å²) in [4.78, 5) is 1.89. The summed E-state index contributed by atoms with van der Waals surface area (Å²) in [6, 6.07) is 3.77. The number of hydrogen-bond acceptors (Lipinski definition) is 5. The topological polar surface area (TPSA) is 88.2 Å². The second kappa shape index (κ2) is 5.26. The minimum absolute atomic E-state index is 0.321. The standard InChI is InChI=1S/C9H14N4O2S/c1-9(8-11)16(14,15)13-6-4-12(3-2-10)5-7-13/h9H,3-7H2,1H3. The lowest BCUT2D eigenvalue weighted by Crippen LogP contribution is -2.50. The summed E-state index contributed by atoms with van der Waals surface area (Å²) in [6.45, 7) is 3.51. The van der Waals surface area contributed by atoms with Gasteiger partial charge < -0.3 is 0 Å². The molecule has 6 nitrogen and oxygen atoms in total. The van der Waals surface area contributed by atoms with E-state index in [0.29, 0.717) is 32.7 Å². The van der Waals surface area contributed by atoms with E-state index in [1.54, 1.807) is 6.07 Å². The summed E-state index contributed by atoms with van der Waals surface area (Å²) in [5.74, 6) is 0. The summed E-state index contributed by atoms with van der Waals surface area (Å²) in [6.07, 6.45) is 0. The SMILES string of the molecule is CC(C#N)S(=O)(=O)N1CCN(CC#N)CC1. The van der Waals surface area contributed by atoms with Crippen molar-refractivity contribution < 1.29 is 8.42 Å². The van der Waals surface area contributed by atoms with E-state index in [-0.39, 0.29) is 0 Å². The first kappa shape index (κ1) is 12.9. The van der Waals surface area contributed by atoms with Crippen LogP contribution >= 0.6 is 0 Å². The zero-order valence-corrected chi connectivity index (χ0v) is 9.94. The summed E-state index contributed by atoms with van der Waals surface area (Å²) in [7, 11) is -3.49. The normalized spacial score (nSPS) is 20.9. The van der Waals surface area contributed by atoms with Gasteiger partial charge in [-0.1, -0.05) is 0 Å². The van der Waals surface area contributed by atoms with E-state index in [0.717, 1.165) is 0 Å². The molecule has 1 unspecified atom stereocenters. The lowest BCUT2D eigenvalue weighted by Gasteiger charge is -2.33. The zero-order valence-electron chi connectivity index (χ0n) is 9.13. The van der Waals surface area contributed by atoms with Crippen LogP contribution in [0.4, 0.5) is 0 Å². The highest BCUT2D eigenvalue weighted by Crippen LogP contribution is 2.11. The van der Waals surface area contributed by atoms with Crippen molar-refractivity contribution in [2.75, 3.05) is 32.7 Å². The van der Waals surface area contributed by atoms with Gasteiger partial charge >= 0.3 is 0 Å².